The molecule has 2 saturated carbocycles. The summed E-state index contributed by atoms with van der Waals surface area (Å²) in [6.07, 6.45) is 1.73. The second-order valence-corrected chi connectivity index (χ2v) is 9.27. The number of Topliss-reactive ketones (excluding diaryl/α,β-unsaturated/α-hetero) is 1. The van der Waals surface area contributed by atoms with Gasteiger partial charge in [0.2, 0.25) is 0 Å². The second kappa shape index (κ2) is 5.28. The maximum atomic E-state index is 12.7. The minimum Gasteiger partial charge on any atom is -0.396 e. The van der Waals surface area contributed by atoms with Gasteiger partial charge < -0.3 is 30.6 Å². The number of hydrogen-bond donors (Lipinski definition) is 6. The lowest BCUT2D eigenvalue weighted by molar-refractivity contribution is -0.209. The molecule has 2 fully saturated rings. The lowest BCUT2D eigenvalue weighted by atomic mass is 9.59. The summed E-state index contributed by atoms with van der Waals surface area (Å²) in [4.78, 5) is 12.7. The smallest absolute Gasteiger partial charge is 0.190 e. The molecule has 0 heterocycles. The third kappa shape index (κ3) is 1.86. The van der Waals surface area contributed by atoms with E-state index in [2.05, 4.69) is 0 Å². The van der Waals surface area contributed by atoms with E-state index in [1.54, 1.807) is 32.9 Å². The monoisotopic (exact) mass is 380 g/mol. The van der Waals surface area contributed by atoms with Crippen LogP contribution in [0.25, 0.3) is 0 Å². The molecule has 0 aromatic carbocycles. The van der Waals surface area contributed by atoms with E-state index >= 15 is 0 Å². The summed E-state index contributed by atoms with van der Waals surface area (Å²) in [6, 6.07) is 0. The molecule has 0 aliphatic heterocycles. The highest BCUT2D eigenvalue weighted by molar-refractivity contribution is 6.04. The molecule has 0 spiro atoms. The number of hydrogen-bond acceptors (Lipinski definition) is 7. The number of aliphatic hydroxyl groups is 6. The Hall–Kier alpha value is -1.09. The highest BCUT2D eigenvalue weighted by Crippen LogP contribution is 2.74. The average Bonchev–Trinajstić information content (AvgIpc) is 3.09. The van der Waals surface area contributed by atoms with Crippen LogP contribution < -0.4 is 0 Å². The van der Waals surface area contributed by atoms with Gasteiger partial charge >= 0.3 is 0 Å². The van der Waals surface area contributed by atoms with E-state index in [0.717, 1.165) is 0 Å². The van der Waals surface area contributed by atoms with Gasteiger partial charge in [-0.3, -0.25) is 4.79 Å². The molecular formula is C20H28O7. The van der Waals surface area contributed by atoms with Gasteiger partial charge in [-0.05, 0) is 18.1 Å². The SMILES string of the molecule is CC1=CC2C(O)(CC(CO)=CC3C4C(C)(CO)C4(O)C(O)C(C)C32O)C1=O. The number of carbonyl (C=O) groups is 1. The Bertz CT molecular complexity index is 774. The van der Waals surface area contributed by atoms with Gasteiger partial charge in [0.1, 0.15) is 11.2 Å². The Labute approximate surface area is 157 Å². The minimum atomic E-state index is -1.91. The van der Waals surface area contributed by atoms with Crippen molar-refractivity contribution in [3.8, 4) is 0 Å². The van der Waals surface area contributed by atoms with Gasteiger partial charge in [-0.1, -0.05) is 26.0 Å². The zero-order valence-electron chi connectivity index (χ0n) is 15.8. The highest BCUT2D eigenvalue weighted by Gasteiger charge is 2.85. The maximum absolute atomic E-state index is 12.7. The molecule has 4 aliphatic rings. The molecule has 7 nitrogen and oxygen atoms in total. The van der Waals surface area contributed by atoms with Crippen LogP contribution in [0.4, 0.5) is 0 Å². The van der Waals surface area contributed by atoms with Crippen molar-refractivity contribution in [2.75, 3.05) is 13.2 Å². The summed E-state index contributed by atoms with van der Waals surface area (Å²) in [7, 11) is 0. The molecule has 7 heteroatoms. The minimum absolute atomic E-state index is 0.122. The Balaban J connectivity index is 1.95. The van der Waals surface area contributed by atoms with Crippen molar-refractivity contribution in [3.05, 3.63) is 23.3 Å². The molecular weight excluding hydrogens is 352 g/mol. The first-order valence-electron chi connectivity index (χ1n) is 9.44. The first kappa shape index (κ1) is 19.2. The van der Waals surface area contributed by atoms with Crippen LogP contribution in [0.3, 0.4) is 0 Å². The standard InChI is InChI=1S/C20H28O7/c1-9-4-13-18(25,15(9)23)6-11(7-21)5-12-14-17(3,8-22)20(14,27)16(24)10(2)19(12,13)26/h4-5,10,12-14,16,21-22,24-27H,6-8H2,1-3H3. The van der Waals surface area contributed by atoms with Gasteiger partial charge in [0.05, 0.1) is 24.9 Å². The molecule has 150 valence electrons. The molecule has 27 heavy (non-hydrogen) atoms. The Morgan fingerprint density at radius 1 is 1.19 bits per heavy atom. The van der Waals surface area contributed by atoms with Crippen LogP contribution in [-0.4, -0.2) is 72.5 Å². The Morgan fingerprint density at radius 3 is 2.37 bits per heavy atom. The number of aliphatic hydroxyl groups excluding tert-OH is 3. The van der Waals surface area contributed by atoms with Crippen molar-refractivity contribution in [2.24, 2.45) is 29.1 Å². The van der Waals surface area contributed by atoms with E-state index in [9.17, 15) is 35.4 Å². The largest absolute Gasteiger partial charge is 0.396 e. The Morgan fingerprint density at radius 2 is 1.81 bits per heavy atom. The fourth-order valence-electron chi connectivity index (χ4n) is 6.49. The lowest BCUT2D eigenvalue weighted by Gasteiger charge is -2.51. The molecule has 9 atom stereocenters. The number of ketones is 1. The summed E-state index contributed by atoms with van der Waals surface area (Å²) in [5.74, 6) is -3.77. The lowest BCUT2D eigenvalue weighted by Crippen LogP contribution is -2.65. The summed E-state index contributed by atoms with van der Waals surface area (Å²) < 4.78 is 0. The summed E-state index contributed by atoms with van der Waals surface area (Å²) in [6.45, 7) is 4.04. The fraction of sp³-hybridized carbons (Fsp3) is 0.750. The third-order valence-electron chi connectivity index (χ3n) is 8.16. The van der Waals surface area contributed by atoms with Crippen molar-refractivity contribution in [2.45, 2.75) is 50.1 Å². The molecule has 0 aromatic heterocycles. The molecule has 4 aliphatic carbocycles. The van der Waals surface area contributed by atoms with Crippen molar-refractivity contribution in [3.63, 3.8) is 0 Å². The zero-order valence-corrected chi connectivity index (χ0v) is 15.8. The molecule has 6 N–H and O–H groups in total. The molecule has 0 bridgehead atoms. The van der Waals surface area contributed by atoms with Gasteiger partial charge in [0, 0.05) is 35.5 Å². The quantitative estimate of drug-likeness (QED) is 0.335. The predicted molar refractivity (Wildman–Crippen MR) is 94.2 cm³/mol. The summed E-state index contributed by atoms with van der Waals surface area (Å²) in [5, 5.41) is 64.9. The molecule has 0 amide bonds. The predicted octanol–water partition coefficient (Wildman–Crippen LogP) is -1.10. The van der Waals surface area contributed by atoms with Crippen LogP contribution in [0.15, 0.2) is 23.3 Å². The highest BCUT2D eigenvalue weighted by atomic mass is 16.4. The number of fused-ring (bicyclic) bond motifs is 5. The van der Waals surface area contributed by atoms with Crippen molar-refractivity contribution >= 4 is 5.78 Å². The zero-order chi connectivity index (χ0) is 20.2. The van der Waals surface area contributed by atoms with Gasteiger partial charge in [0.25, 0.3) is 0 Å². The summed E-state index contributed by atoms with van der Waals surface area (Å²) >= 11 is 0. The number of rotatable bonds is 2. The van der Waals surface area contributed by atoms with Gasteiger partial charge in [-0.2, -0.15) is 0 Å². The molecule has 0 saturated heterocycles. The van der Waals surface area contributed by atoms with Crippen LogP contribution in [0.5, 0.6) is 0 Å². The summed E-state index contributed by atoms with van der Waals surface area (Å²) in [5.41, 5.74) is -5.51. The average molecular weight is 380 g/mol. The van der Waals surface area contributed by atoms with E-state index in [4.69, 9.17) is 0 Å². The van der Waals surface area contributed by atoms with Crippen LogP contribution in [-0.2, 0) is 4.79 Å². The van der Waals surface area contributed by atoms with Crippen molar-refractivity contribution < 1.29 is 35.4 Å². The first-order valence-corrected chi connectivity index (χ1v) is 9.44. The fourth-order valence-corrected chi connectivity index (χ4v) is 6.49. The van der Waals surface area contributed by atoms with E-state index < -0.39 is 64.4 Å². The van der Waals surface area contributed by atoms with Crippen LogP contribution in [0.1, 0.15) is 27.2 Å². The van der Waals surface area contributed by atoms with Gasteiger partial charge in [0.15, 0.2) is 5.78 Å². The van der Waals surface area contributed by atoms with E-state index in [0.29, 0.717) is 11.1 Å². The maximum Gasteiger partial charge on any atom is 0.190 e. The van der Waals surface area contributed by atoms with Crippen LogP contribution in [0, 0.1) is 29.1 Å². The van der Waals surface area contributed by atoms with Crippen molar-refractivity contribution in [1.82, 2.24) is 0 Å². The van der Waals surface area contributed by atoms with E-state index in [1.165, 1.54) is 0 Å². The molecule has 9 unspecified atom stereocenters. The van der Waals surface area contributed by atoms with E-state index in [1.807, 2.05) is 0 Å². The van der Waals surface area contributed by atoms with Crippen LogP contribution >= 0.6 is 0 Å². The molecule has 4 rings (SSSR count). The Kier molecular flexibility index (Phi) is 3.77. The molecule has 0 aromatic rings. The topological polar surface area (TPSA) is 138 Å². The first-order chi connectivity index (χ1) is 12.4. The van der Waals surface area contributed by atoms with Gasteiger partial charge in [-0.25, -0.2) is 0 Å². The van der Waals surface area contributed by atoms with Gasteiger partial charge in [-0.15, -0.1) is 0 Å². The molecule has 0 radical (unpaired) electrons. The second-order valence-electron chi connectivity index (χ2n) is 9.27. The number of carbonyl (C=O) groups excluding carboxylic acids is 1. The van der Waals surface area contributed by atoms with E-state index in [-0.39, 0.29) is 13.0 Å². The third-order valence-corrected chi connectivity index (χ3v) is 8.16. The normalized spacial score (nSPS) is 56.5. The van der Waals surface area contributed by atoms with Crippen molar-refractivity contribution in [1.29, 1.82) is 0 Å². The van der Waals surface area contributed by atoms with Crippen LogP contribution in [0.2, 0.25) is 0 Å².